The van der Waals surface area contributed by atoms with Gasteiger partial charge in [0.15, 0.2) is 0 Å². The van der Waals surface area contributed by atoms with E-state index in [-0.39, 0.29) is 17.2 Å². The highest BCUT2D eigenvalue weighted by atomic mass is 16.2. The molecule has 2 aliphatic carbocycles. The third kappa shape index (κ3) is 3.19. The molecule has 1 aromatic carbocycles. The first-order chi connectivity index (χ1) is 11.6. The Hall–Kier alpha value is -1.84. The summed E-state index contributed by atoms with van der Waals surface area (Å²) in [5.41, 5.74) is 5.22. The number of hydrogen-bond acceptors (Lipinski definition) is 3. The van der Waals surface area contributed by atoms with Crippen molar-refractivity contribution in [1.82, 2.24) is 5.43 Å². The fourth-order valence-electron chi connectivity index (χ4n) is 4.45. The zero-order valence-corrected chi connectivity index (χ0v) is 15.1. The molecule has 4 heteroatoms. The van der Waals surface area contributed by atoms with Gasteiger partial charge in [0.2, 0.25) is 5.91 Å². The van der Waals surface area contributed by atoms with E-state index >= 15 is 0 Å². The Kier molecular flexibility index (Phi) is 4.93. The molecule has 0 aromatic heterocycles. The number of hydrazone groups is 1. The molecule has 3 atom stereocenters. The fraction of sp³-hybridized carbons (Fsp3) is 0.600. The van der Waals surface area contributed by atoms with Crippen LogP contribution in [0.1, 0.15) is 52.0 Å². The van der Waals surface area contributed by atoms with Gasteiger partial charge in [-0.2, -0.15) is 5.10 Å². The molecular formula is C20H29N3O. The normalized spacial score (nSPS) is 28.5. The molecule has 1 N–H and O–H groups in total. The first kappa shape index (κ1) is 17.0. The number of anilines is 1. The minimum absolute atomic E-state index is 0.0976. The van der Waals surface area contributed by atoms with Gasteiger partial charge in [0, 0.05) is 24.7 Å². The number of hydrogen-bond donors (Lipinski definition) is 1. The van der Waals surface area contributed by atoms with E-state index in [9.17, 15) is 4.79 Å². The molecule has 4 nitrogen and oxygen atoms in total. The minimum atomic E-state index is 0.0976. The number of carbonyl (C=O) groups excluding carboxylic acids is 1. The molecule has 0 aliphatic heterocycles. The molecule has 130 valence electrons. The molecule has 3 rings (SSSR count). The Balaban J connectivity index is 1.54. The van der Waals surface area contributed by atoms with Crippen LogP contribution < -0.4 is 10.3 Å². The number of fused-ring (bicyclic) bond motifs is 1. The molecule has 0 radical (unpaired) electrons. The van der Waals surface area contributed by atoms with E-state index in [1.165, 1.54) is 31.4 Å². The Labute approximate surface area is 145 Å². The maximum atomic E-state index is 12.4. The summed E-state index contributed by atoms with van der Waals surface area (Å²) in [6.45, 7) is 8.58. The van der Waals surface area contributed by atoms with Crippen LogP contribution in [0.3, 0.4) is 0 Å². The van der Waals surface area contributed by atoms with Gasteiger partial charge in [-0.25, -0.2) is 5.43 Å². The molecule has 2 aliphatic rings. The van der Waals surface area contributed by atoms with E-state index < -0.39 is 0 Å². The smallest absolute Gasteiger partial charge is 0.244 e. The van der Waals surface area contributed by atoms with Gasteiger partial charge in [0.1, 0.15) is 0 Å². The summed E-state index contributed by atoms with van der Waals surface area (Å²) in [6, 6.07) is 8.29. The fourth-order valence-corrected chi connectivity index (χ4v) is 4.45. The molecule has 1 amide bonds. The lowest BCUT2D eigenvalue weighted by Gasteiger charge is -2.20. The summed E-state index contributed by atoms with van der Waals surface area (Å²) in [5.74, 6) is 0.845. The zero-order chi connectivity index (χ0) is 17.2. The van der Waals surface area contributed by atoms with E-state index in [2.05, 4.69) is 48.3 Å². The highest BCUT2D eigenvalue weighted by Gasteiger charge is 2.64. The number of carbonyl (C=O) groups is 1. The molecule has 0 heterocycles. The summed E-state index contributed by atoms with van der Waals surface area (Å²) < 4.78 is 0. The van der Waals surface area contributed by atoms with E-state index in [0.29, 0.717) is 5.92 Å². The van der Waals surface area contributed by atoms with E-state index in [1.807, 2.05) is 12.1 Å². The maximum absolute atomic E-state index is 12.4. The number of nitrogens with one attached hydrogen (secondary N) is 1. The highest BCUT2D eigenvalue weighted by Crippen LogP contribution is 2.66. The van der Waals surface area contributed by atoms with Crippen molar-refractivity contribution in [1.29, 1.82) is 0 Å². The largest absolute Gasteiger partial charge is 0.372 e. The lowest BCUT2D eigenvalue weighted by molar-refractivity contribution is -0.123. The van der Waals surface area contributed by atoms with Crippen LogP contribution in [0.4, 0.5) is 5.69 Å². The Bertz CT molecular complexity index is 606. The summed E-state index contributed by atoms with van der Waals surface area (Å²) >= 11 is 0. The minimum Gasteiger partial charge on any atom is -0.372 e. The third-order valence-corrected chi connectivity index (χ3v) is 6.02. The molecule has 2 fully saturated rings. The average Bonchev–Trinajstić information content (AvgIpc) is 3.23. The van der Waals surface area contributed by atoms with Crippen molar-refractivity contribution in [3.63, 3.8) is 0 Å². The highest BCUT2D eigenvalue weighted by molar-refractivity contribution is 5.86. The average molecular weight is 327 g/mol. The quantitative estimate of drug-likeness (QED) is 0.638. The van der Waals surface area contributed by atoms with Crippen LogP contribution in [0, 0.1) is 17.3 Å². The Morgan fingerprint density at radius 3 is 2.58 bits per heavy atom. The van der Waals surface area contributed by atoms with Crippen molar-refractivity contribution in [2.24, 2.45) is 22.4 Å². The number of benzene rings is 1. The Morgan fingerprint density at radius 2 is 2.00 bits per heavy atom. The Morgan fingerprint density at radius 1 is 1.29 bits per heavy atom. The van der Waals surface area contributed by atoms with Crippen LogP contribution in [0.5, 0.6) is 0 Å². The topological polar surface area (TPSA) is 44.7 Å². The zero-order valence-electron chi connectivity index (χ0n) is 15.1. The van der Waals surface area contributed by atoms with Gasteiger partial charge in [0.05, 0.1) is 6.21 Å². The van der Waals surface area contributed by atoms with E-state index in [4.69, 9.17) is 0 Å². The third-order valence-electron chi connectivity index (χ3n) is 6.02. The lowest BCUT2D eigenvalue weighted by atomic mass is 9.90. The number of amides is 1. The monoisotopic (exact) mass is 327 g/mol. The molecule has 0 spiro atoms. The second-order valence-corrected chi connectivity index (χ2v) is 7.33. The first-order valence-corrected chi connectivity index (χ1v) is 9.28. The van der Waals surface area contributed by atoms with Crippen molar-refractivity contribution in [3.8, 4) is 0 Å². The number of rotatable bonds is 6. The molecule has 1 aromatic rings. The molecule has 2 saturated carbocycles. The summed E-state index contributed by atoms with van der Waals surface area (Å²) in [4.78, 5) is 14.7. The summed E-state index contributed by atoms with van der Waals surface area (Å²) in [5, 5.41) is 4.17. The van der Waals surface area contributed by atoms with Crippen molar-refractivity contribution >= 4 is 17.8 Å². The predicted octanol–water partition coefficient (Wildman–Crippen LogP) is 3.81. The molecule has 0 bridgehead atoms. The SMILES string of the molecule is CCN(CC)c1ccc(/C=N/NC(=O)[C@@H]2[C@@H]3CCCC[C@@]23C)cc1. The van der Waals surface area contributed by atoms with E-state index in [1.54, 1.807) is 6.21 Å². The summed E-state index contributed by atoms with van der Waals surface area (Å²) in [6.07, 6.45) is 6.65. The van der Waals surface area contributed by atoms with Gasteiger partial charge < -0.3 is 4.90 Å². The van der Waals surface area contributed by atoms with Crippen LogP contribution in [-0.4, -0.2) is 25.2 Å². The van der Waals surface area contributed by atoms with Gasteiger partial charge in [-0.05, 0) is 55.7 Å². The van der Waals surface area contributed by atoms with Crippen molar-refractivity contribution < 1.29 is 4.79 Å². The van der Waals surface area contributed by atoms with Crippen LogP contribution in [0.25, 0.3) is 0 Å². The molecular weight excluding hydrogens is 298 g/mol. The van der Waals surface area contributed by atoms with Crippen LogP contribution >= 0.6 is 0 Å². The van der Waals surface area contributed by atoms with Crippen molar-refractivity contribution in [3.05, 3.63) is 29.8 Å². The lowest BCUT2D eigenvalue weighted by Crippen LogP contribution is -2.22. The maximum Gasteiger partial charge on any atom is 0.244 e. The van der Waals surface area contributed by atoms with Gasteiger partial charge in [0.25, 0.3) is 0 Å². The predicted molar refractivity (Wildman–Crippen MR) is 99.3 cm³/mol. The molecule has 0 unspecified atom stereocenters. The second-order valence-electron chi connectivity index (χ2n) is 7.33. The van der Waals surface area contributed by atoms with Crippen LogP contribution in [0.2, 0.25) is 0 Å². The first-order valence-electron chi connectivity index (χ1n) is 9.28. The van der Waals surface area contributed by atoms with Crippen molar-refractivity contribution in [2.75, 3.05) is 18.0 Å². The molecule has 0 saturated heterocycles. The van der Waals surface area contributed by atoms with Gasteiger partial charge in [-0.3, -0.25) is 4.79 Å². The summed E-state index contributed by atoms with van der Waals surface area (Å²) in [7, 11) is 0. The van der Waals surface area contributed by atoms with Gasteiger partial charge in [-0.15, -0.1) is 0 Å². The standard InChI is InChI=1S/C20H29N3O/c1-4-23(5-2)16-11-9-15(10-12-16)14-21-22-19(24)18-17-8-6-7-13-20(17,18)3/h9-12,14,17-18H,4-8,13H2,1-3H3,(H,22,24)/b21-14+/t17-,18-,20+/m0/s1. The number of nitrogens with zero attached hydrogens (tertiary/aromatic N) is 2. The second kappa shape index (κ2) is 6.96. The van der Waals surface area contributed by atoms with E-state index in [0.717, 1.165) is 18.7 Å². The molecule has 24 heavy (non-hydrogen) atoms. The van der Waals surface area contributed by atoms with Crippen LogP contribution in [-0.2, 0) is 4.79 Å². The van der Waals surface area contributed by atoms with Crippen LogP contribution in [0.15, 0.2) is 29.4 Å². The van der Waals surface area contributed by atoms with Gasteiger partial charge in [-0.1, -0.05) is 31.9 Å². The van der Waals surface area contributed by atoms with Gasteiger partial charge >= 0.3 is 0 Å². The van der Waals surface area contributed by atoms with Crippen molar-refractivity contribution in [2.45, 2.75) is 46.5 Å².